The number of rotatable bonds is 2. The van der Waals surface area contributed by atoms with Crippen molar-refractivity contribution in [1.82, 2.24) is 4.98 Å². The third-order valence-electron chi connectivity index (χ3n) is 4.23. The molecule has 1 aromatic heterocycles. The summed E-state index contributed by atoms with van der Waals surface area (Å²) in [5, 5.41) is 15.7. The number of fused-ring (bicyclic) bond motifs is 1. The van der Waals surface area contributed by atoms with Crippen LogP contribution in [0, 0.1) is 5.41 Å². The lowest BCUT2D eigenvalue weighted by Crippen LogP contribution is -2.56. The van der Waals surface area contributed by atoms with E-state index in [1.165, 1.54) is 5.39 Å². The molecule has 2 atom stereocenters. The van der Waals surface area contributed by atoms with Crippen molar-refractivity contribution < 1.29 is 5.11 Å². The fourth-order valence-electron chi connectivity index (χ4n) is 2.58. The van der Waals surface area contributed by atoms with Crippen LogP contribution in [0.2, 0.25) is 0 Å². The van der Waals surface area contributed by atoms with E-state index in [2.05, 4.69) is 36.3 Å². The molecule has 18 heavy (non-hydrogen) atoms. The van der Waals surface area contributed by atoms with Crippen molar-refractivity contribution in [3.63, 3.8) is 0 Å². The lowest BCUT2D eigenvalue weighted by atomic mass is 9.64. The van der Waals surface area contributed by atoms with Crippen molar-refractivity contribution >= 4 is 16.5 Å². The minimum absolute atomic E-state index is 0.0603. The van der Waals surface area contributed by atoms with E-state index in [4.69, 9.17) is 0 Å². The first-order valence-electron chi connectivity index (χ1n) is 6.36. The number of pyridine rings is 1. The first-order valence-corrected chi connectivity index (χ1v) is 6.36. The van der Waals surface area contributed by atoms with E-state index in [0.717, 1.165) is 17.5 Å². The molecule has 1 saturated carbocycles. The molecular formula is C15H18N2O. The standard InChI is InChI=1S/C15H18N2O/c1-15(2)13(8-14(15)18)17-12-5-3-4-10-9-16-7-6-11(10)12/h3-7,9,13-14,17-18H,8H2,1-2H3. The van der Waals surface area contributed by atoms with E-state index in [-0.39, 0.29) is 11.5 Å². The Kier molecular flexibility index (Phi) is 2.52. The van der Waals surface area contributed by atoms with Crippen molar-refractivity contribution in [2.75, 3.05) is 5.32 Å². The molecule has 3 nitrogen and oxygen atoms in total. The highest BCUT2D eigenvalue weighted by Crippen LogP contribution is 2.42. The van der Waals surface area contributed by atoms with Gasteiger partial charge in [0.2, 0.25) is 0 Å². The highest BCUT2D eigenvalue weighted by Gasteiger charge is 2.47. The molecule has 0 spiro atoms. The zero-order valence-corrected chi connectivity index (χ0v) is 10.7. The zero-order chi connectivity index (χ0) is 12.8. The number of hydrogen-bond acceptors (Lipinski definition) is 3. The van der Waals surface area contributed by atoms with Gasteiger partial charge in [0.1, 0.15) is 0 Å². The van der Waals surface area contributed by atoms with Gasteiger partial charge >= 0.3 is 0 Å². The summed E-state index contributed by atoms with van der Waals surface area (Å²) in [6.45, 7) is 4.21. The first-order chi connectivity index (χ1) is 8.59. The Morgan fingerprint density at radius 2 is 2.17 bits per heavy atom. The van der Waals surface area contributed by atoms with Gasteiger partial charge in [0, 0.05) is 40.3 Å². The molecule has 1 fully saturated rings. The van der Waals surface area contributed by atoms with Gasteiger partial charge in [0.15, 0.2) is 0 Å². The first kappa shape index (κ1) is 11.5. The average Bonchev–Trinajstić information content (AvgIpc) is 2.39. The van der Waals surface area contributed by atoms with Gasteiger partial charge in [0.25, 0.3) is 0 Å². The molecule has 2 N–H and O–H groups in total. The van der Waals surface area contributed by atoms with Crippen LogP contribution in [-0.4, -0.2) is 22.2 Å². The monoisotopic (exact) mass is 242 g/mol. The van der Waals surface area contributed by atoms with Crippen molar-refractivity contribution in [3.05, 3.63) is 36.7 Å². The lowest BCUT2D eigenvalue weighted by molar-refractivity contribution is -0.0510. The van der Waals surface area contributed by atoms with Crippen molar-refractivity contribution in [2.24, 2.45) is 5.41 Å². The summed E-state index contributed by atoms with van der Waals surface area (Å²) in [7, 11) is 0. The SMILES string of the molecule is CC1(C)C(O)CC1Nc1cccc2cnccc12. The molecule has 1 heterocycles. The van der Waals surface area contributed by atoms with Gasteiger partial charge in [0.05, 0.1) is 6.10 Å². The van der Waals surface area contributed by atoms with Crippen LogP contribution in [0.15, 0.2) is 36.7 Å². The summed E-state index contributed by atoms with van der Waals surface area (Å²) in [6.07, 6.45) is 4.30. The van der Waals surface area contributed by atoms with E-state index in [9.17, 15) is 5.11 Å². The molecule has 1 aliphatic rings. The second kappa shape index (κ2) is 3.95. The average molecular weight is 242 g/mol. The molecule has 3 heteroatoms. The molecule has 2 aromatic rings. The van der Waals surface area contributed by atoms with E-state index >= 15 is 0 Å². The summed E-state index contributed by atoms with van der Waals surface area (Å²) in [5.41, 5.74) is 1.06. The topological polar surface area (TPSA) is 45.1 Å². The maximum absolute atomic E-state index is 9.79. The predicted octanol–water partition coefficient (Wildman–Crippen LogP) is 2.81. The van der Waals surface area contributed by atoms with Gasteiger partial charge in [-0.05, 0) is 18.6 Å². The lowest BCUT2D eigenvalue weighted by Gasteiger charge is -2.50. The molecule has 3 rings (SSSR count). The van der Waals surface area contributed by atoms with Crippen LogP contribution in [0.3, 0.4) is 0 Å². The number of aliphatic hydroxyl groups excluding tert-OH is 1. The Hall–Kier alpha value is -1.61. The third-order valence-corrected chi connectivity index (χ3v) is 4.23. The quantitative estimate of drug-likeness (QED) is 0.851. The Labute approximate surface area is 107 Å². The molecule has 2 unspecified atom stereocenters. The van der Waals surface area contributed by atoms with E-state index in [1.54, 1.807) is 0 Å². The number of nitrogens with zero attached hydrogens (tertiary/aromatic N) is 1. The van der Waals surface area contributed by atoms with Crippen molar-refractivity contribution in [2.45, 2.75) is 32.4 Å². The number of aromatic nitrogens is 1. The predicted molar refractivity (Wildman–Crippen MR) is 73.6 cm³/mol. The van der Waals surface area contributed by atoms with Gasteiger partial charge < -0.3 is 10.4 Å². The molecule has 0 radical (unpaired) electrons. The van der Waals surface area contributed by atoms with Crippen molar-refractivity contribution in [1.29, 1.82) is 0 Å². The molecule has 0 bridgehead atoms. The van der Waals surface area contributed by atoms with E-state index < -0.39 is 0 Å². The molecule has 0 amide bonds. The summed E-state index contributed by atoms with van der Waals surface area (Å²) < 4.78 is 0. The normalized spacial score (nSPS) is 25.7. The van der Waals surface area contributed by atoms with E-state index in [1.807, 2.05) is 24.5 Å². The maximum atomic E-state index is 9.79. The summed E-state index contributed by atoms with van der Waals surface area (Å²) in [5.74, 6) is 0. The number of anilines is 1. The number of nitrogens with one attached hydrogen (secondary N) is 1. The molecule has 0 saturated heterocycles. The van der Waals surface area contributed by atoms with Gasteiger partial charge in [-0.1, -0.05) is 26.0 Å². The third kappa shape index (κ3) is 1.66. The van der Waals surface area contributed by atoms with Crippen LogP contribution < -0.4 is 5.32 Å². The molecular weight excluding hydrogens is 224 g/mol. The smallest absolute Gasteiger partial charge is 0.0630 e. The Bertz CT molecular complexity index is 574. The van der Waals surface area contributed by atoms with Gasteiger partial charge in [-0.2, -0.15) is 0 Å². The Morgan fingerprint density at radius 3 is 2.89 bits per heavy atom. The highest BCUT2D eigenvalue weighted by atomic mass is 16.3. The fraction of sp³-hybridized carbons (Fsp3) is 0.400. The second-order valence-electron chi connectivity index (χ2n) is 5.67. The van der Waals surface area contributed by atoms with E-state index in [0.29, 0.717) is 6.04 Å². The summed E-state index contributed by atoms with van der Waals surface area (Å²) in [4.78, 5) is 4.14. The molecule has 1 aromatic carbocycles. The summed E-state index contributed by atoms with van der Waals surface area (Å²) >= 11 is 0. The second-order valence-corrected chi connectivity index (χ2v) is 5.67. The summed E-state index contributed by atoms with van der Waals surface area (Å²) in [6, 6.07) is 8.54. The minimum Gasteiger partial charge on any atom is -0.392 e. The number of aliphatic hydroxyl groups is 1. The van der Waals surface area contributed by atoms with Crippen molar-refractivity contribution in [3.8, 4) is 0 Å². The van der Waals surface area contributed by atoms with Crippen LogP contribution in [0.4, 0.5) is 5.69 Å². The minimum atomic E-state index is -0.202. The Balaban J connectivity index is 1.92. The van der Waals surface area contributed by atoms with Crippen LogP contribution in [0.5, 0.6) is 0 Å². The fourth-order valence-corrected chi connectivity index (χ4v) is 2.58. The van der Waals surface area contributed by atoms with Crippen LogP contribution in [-0.2, 0) is 0 Å². The van der Waals surface area contributed by atoms with Gasteiger partial charge in [-0.15, -0.1) is 0 Å². The van der Waals surface area contributed by atoms with Crippen LogP contribution in [0.1, 0.15) is 20.3 Å². The largest absolute Gasteiger partial charge is 0.392 e. The number of benzene rings is 1. The molecule has 1 aliphatic carbocycles. The maximum Gasteiger partial charge on any atom is 0.0630 e. The van der Waals surface area contributed by atoms with Crippen LogP contribution >= 0.6 is 0 Å². The van der Waals surface area contributed by atoms with Crippen LogP contribution in [0.25, 0.3) is 10.8 Å². The Morgan fingerprint density at radius 1 is 1.33 bits per heavy atom. The zero-order valence-electron chi connectivity index (χ0n) is 10.7. The number of hydrogen-bond donors (Lipinski definition) is 2. The molecule has 94 valence electrons. The van der Waals surface area contributed by atoms with Gasteiger partial charge in [-0.3, -0.25) is 4.98 Å². The highest BCUT2D eigenvalue weighted by molar-refractivity contribution is 5.93. The molecule has 0 aliphatic heterocycles. The van der Waals surface area contributed by atoms with Gasteiger partial charge in [-0.25, -0.2) is 0 Å².